The zero-order valence-electron chi connectivity index (χ0n) is 21.4. The summed E-state index contributed by atoms with van der Waals surface area (Å²) in [4.78, 5) is 30.4. The van der Waals surface area contributed by atoms with E-state index < -0.39 is 47.2 Å². The zero-order valence-corrected chi connectivity index (χ0v) is 21.4. The number of aliphatic hydroxyl groups excluding tert-OH is 1. The molecule has 2 aromatic carbocycles. The summed E-state index contributed by atoms with van der Waals surface area (Å²) < 4.78 is 34.7. The van der Waals surface area contributed by atoms with E-state index >= 15 is 4.39 Å². The summed E-state index contributed by atoms with van der Waals surface area (Å²) in [6.07, 6.45) is 0.972. The minimum Gasteiger partial charge on any atom is -0.356 e. The first-order chi connectivity index (χ1) is 17.9. The maximum absolute atomic E-state index is 15.2. The molecule has 5 atom stereocenters. The molecule has 5 rings (SSSR count). The number of nitriles is 1. The molecule has 2 aliphatic rings. The van der Waals surface area contributed by atoms with Gasteiger partial charge in [0.15, 0.2) is 0 Å². The molecule has 2 bridgehead atoms. The lowest BCUT2D eigenvalue weighted by atomic mass is 9.96. The van der Waals surface area contributed by atoms with Crippen LogP contribution in [-0.4, -0.2) is 51.0 Å². The van der Waals surface area contributed by atoms with Crippen LogP contribution in [0.15, 0.2) is 35.1 Å². The normalized spacial score (nSPS) is 23.0. The molecule has 10 heteroatoms. The second kappa shape index (κ2) is 9.73. The molecule has 1 aromatic heterocycles. The fraction of sp³-hybridized carbons (Fsp3) is 0.464. The number of piperidine rings is 1. The second-order valence-corrected chi connectivity index (χ2v) is 11.2. The number of carbonyl (C=O) groups excluding carboxylic acids is 1. The number of carbonyl (C=O) groups is 1. The van der Waals surface area contributed by atoms with Crippen molar-refractivity contribution < 1.29 is 23.4 Å². The van der Waals surface area contributed by atoms with Gasteiger partial charge in [-0.1, -0.05) is 0 Å². The van der Waals surface area contributed by atoms with Crippen LogP contribution in [0.25, 0.3) is 21.7 Å². The number of hydrogen-bond donors (Lipinski definition) is 3. The van der Waals surface area contributed by atoms with Crippen molar-refractivity contribution in [2.24, 2.45) is 5.92 Å². The summed E-state index contributed by atoms with van der Waals surface area (Å²) in [6.45, 7) is 5.44. The summed E-state index contributed by atoms with van der Waals surface area (Å²) in [5, 5.41) is 24.0. The molecule has 0 spiro atoms. The lowest BCUT2D eigenvalue weighted by molar-refractivity contribution is -0.254. The number of ether oxygens (including phenoxy) is 1. The number of likely N-dealkylation sites (tertiary alicyclic amines) is 1. The minimum absolute atomic E-state index is 0.00190. The highest BCUT2D eigenvalue weighted by Crippen LogP contribution is 2.44. The van der Waals surface area contributed by atoms with Crippen LogP contribution in [0, 0.1) is 28.9 Å². The van der Waals surface area contributed by atoms with Gasteiger partial charge in [0.2, 0.25) is 12.3 Å². The maximum atomic E-state index is 15.2. The fourth-order valence-electron chi connectivity index (χ4n) is 5.89. The van der Waals surface area contributed by atoms with Gasteiger partial charge >= 0.3 is 0 Å². The molecule has 38 heavy (non-hydrogen) atoms. The van der Waals surface area contributed by atoms with E-state index in [4.69, 9.17) is 4.74 Å². The van der Waals surface area contributed by atoms with Gasteiger partial charge in [-0.05, 0) is 87.2 Å². The van der Waals surface area contributed by atoms with Crippen molar-refractivity contribution in [1.29, 1.82) is 5.26 Å². The van der Waals surface area contributed by atoms with Gasteiger partial charge in [-0.2, -0.15) is 5.26 Å². The molecule has 1 aliphatic heterocycles. The van der Waals surface area contributed by atoms with Gasteiger partial charge in [-0.15, -0.1) is 0 Å². The number of amides is 1. The quantitative estimate of drug-likeness (QED) is 0.336. The fourth-order valence-corrected chi connectivity index (χ4v) is 5.89. The number of benzene rings is 2. The Morgan fingerprint density at radius 1 is 1.24 bits per heavy atom. The van der Waals surface area contributed by atoms with E-state index in [9.17, 15) is 24.3 Å². The third kappa shape index (κ3) is 4.89. The summed E-state index contributed by atoms with van der Waals surface area (Å²) in [6, 6.07) is 6.62. The highest BCUT2D eigenvalue weighted by atomic mass is 19.1. The Morgan fingerprint density at radius 3 is 2.71 bits per heavy atom. The highest BCUT2D eigenvalue weighted by molar-refractivity contribution is 6.05. The molecule has 1 saturated heterocycles. The topological polar surface area (TPSA) is 118 Å². The summed E-state index contributed by atoms with van der Waals surface area (Å²) in [5.41, 5.74) is -0.638. The number of rotatable bonds is 6. The Balaban J connectivity index is 1.39. The van der Waals surface area contributed by atoms with Crippen LogP contribution in [0.5, 0.6) is 0 Å². The summed E-state index contributed by atoms with van der Waals surface area (Å²) >= 11 is 0. The number of fused-ring (bicyclic) bond motifs is 5. The van der Waals surface area contributed by atoms with Crippen molar-refractivity contribution in [3.8, 4) is 6.07 Å². The molecule has 2 unspecified atom stereocenters. The number of nitrogens with zero attached hydrogens (tertiary/aromatic N) is 2. The molecule has 1 saturated carbocycles. The van der Waals surface area contributed by atoms with Crippen LogP contribution in [0.3, 0.4) is 0 Å². The van der Waals surface area contributed by atoms with Crippen molar-refractivity contribution in [2.45, 2.75) is 76.6 Å². The van der Waals surface area contributed by atoms with Crippen molar-refractivity contribution in [2.75, 3.05) is 0 Å². The number of aromatic amines is 1. The van der Waals surface area contributed by atoms with E-state index in [2.05, 4.69) is 10.3 Å². The molecule has 2 heterocycles. The lowest BCUT2D eigenvalue weighted by Gasteiger charge is -2.39. The van der Waals surface area contributed by atoms with Gasteiger partial charge in [0.25, 0.3) is 5.56 Å². The first-order valence-electron chi connectivity index (χ1n) is 12.7. The van der Waals surface area contributed by atoms with Crippen LogP contribution in [-0.2, 0) is 16.0 Å². The average Bonchev–Trinajstić information content (AvgIpc) is 3.46. The summed E-state index contributed by atoms with van der Waals surface area (Å²) in [5.74, 6) is -1.60. The minimum atomic E-state index is -1.27. The summed E-state index contributed by atoms with van der Waals surface area (Å²) in [7, 11) is 0. The SMILES string of the molecule is CC(C)(C)OC(O)N1[C@@H]2CC[C@@H](C2)[C@H]1C(=O)NC(C#N)Cc1cc2c(=O)[nH]c3ccc(F)cc3c2cc1F. The monoisotopic (exact) mass is 524 g/mol. The maximum Gasteiger partial charge on any atom is 0.256 e. The number of H-pyrrole nitrogens is 1. The van der Waals surface area contributed by atoms with Gasteiger partial charge in [0, 0.05) is 28.8 Å². The molecule has 1 amide bonds. The molecule has 1 aliphatic carbocycles. The van der Waals surface area contributed by atoms with E-state index in [-0.39, 0.29) is 34.7 Å². The van der Waals surface area contributed by atoms with Crippen LogP contribution >= 0.6 is 0 Å². The van der Waals surface area contributed by atoms with E-state index in [0.29, 0.717) is 10.9 Å². The van der Waals surface area contributed by atoms with E-state index in [1.54, 1.807) is 4.90 Å². The second-order valence-electron chi connectivity index (χ2n) is 11.2. The third-order valence-corrected chi connectivity index (χ3v) is 7.47. The van der Waals surface area contributed by atoms with Crippen molar-refractivity contribution in [3.63, 3.8) is 0 Å². The Bertz CT molecular complexity index is 1510. The highest BCUT2D eigenvalue weighted by Gasteiger charge is 2.52. The van der Waals surface area contributed by atoms with Gasteiger partial charge in [-0.25, -0.2) is 13.7 Å². The number of pyridine rings is 1. The van der Waals surface area contributed by atoms with Gasteiger partial charge in [0.05, 0.1) is 17.7 Å². The van der Waals surface area contributed by atoms with Crippen LogP contribution in [0.4, 0.5) is 8.78 Å². The number of aliphatic hydroxyl groups is 1. The number of hydrogen-bond acceptors (Lipinski definition) is 6. The number of halogens is 2. The predicted molar refractivity (Wildman–Crippen MR) is 137 cm³/mol. The molecule has 0 radical (unpaired) electrons. The first-order valence-corrected chi connectivity index (χ1v) is 12.7. The van der Waals surface area contributed by atoms with Crippen LogP contribution in [0.1, 0.15) is 45.6 Å². The van der Waals surface area contributed by atoms with Crippen molar-refractivity contribution >= 4 is 27.6 Å². The molecule has 2 fully saturated rings. The smallest absolute Gasteiger partial charge is 0.256 e. The van der Waals surface area contributed by atoms with Crippen LogP contribution in [0.2, 0.25) is 0 Å². The van der Waals surface area contributed by atoms with Gasteiger partial charge < -0.3 is 20.1 Å². The van der Waals surface area contributed by atoms with E-state index in [0.717, 1.165) is 25.3 Å². The Hall–Kier alpha value is -3.39. The molecular formula is C28H30F2N4O4. The number of aromatic nitrogens is 1. The lowest BCUT2D eigenvalue weighted by Crippen LogP contribution is -2.57. The van der Waals surface area contributed by atoms with Crippen molar-refractivity contribution in [1.82, 2.24) is 15.2 Å². The molecule has 3 aromatic rings. The first kappa shape index (κ1) is 26.2. The molecule has 200 valence electrons. The molecule has 8 nitrogen and oxygen atoms in total. The average molecular weight is 525 g/mol. The van der Waals surface area contributed by atoms with Crippen LogP contribution < -0.4 is 10.9 Å². The van der Waals surface area contributed by atoms with Crippen molar-refractivity contribution in [3.05, 3.63) is 57.9 Å². The standard InChI is InChI=1S/C28H30F2N4O4/c1-28(2,3)38-27(37)34-18-6-4-14(9-18)24(34)26(36)32-17(13-31)8-15-10-21-19(12-22(15)30)20-11-16(29)5-7-23(20)33-25(21)35/h5,7,10-12,14,17-18,24,27,37H,4,6,8-9H2,1-3H3,(H,32,36)(H,33,35)/t14-,17?,18+,24-,27?/m0/s1. The van der Waals surface area contributed by atoms with Gasteiger partial charge in [0.1, 0.15) is 17.7 Å². The Kier molecular flexibility index (Phi) is 6.71. The molecular weight excluding hydrogens is 494 g/mol. The van der Waals surface area contributed by atoms with Gasteiger partial charge in [-0.3, -0.25) is 9.59 Å². The Morgan fingerprint density at radius 2 is 2.00 bits per heavy atom. The largest absolute Gasteiger partial charge is 0.356 e. The van der Waals surface area contributed by atoms with E-state index in [1.807, 2.05) is 26.8 Å². The Labute approximate surface area is 218 Å². The predicted octanol–water partition coefficient (Wildman–Crippen LogP) is 3.45. The zero-order chi connectivity index (χ0) is 27.4. The third-order valence-electron chi connectivity index (χ3n) is 7.47. The molecule has 3 N–H and O–H groups in total. The number of nitrogens with one attached hydrogen (secondary N) is 2. The van der Waals surface area contributed by atoms with E-state index in [1.165, 1.54) is 24.3 Å².